The number of nitrogens with zero attached hydrogens (tertiary/aromatic N) is 3. The molecule has 0 bridgehead atoms. The predicted octanol–water partition coefficient (Wildman–Crippen LogP) is 4.62. The maximum atomic E-state index is 12.5. The first-order valence-electron chi connectivity index (χ1n) is 11.7. The maximum absolute atomic E-state index is 12.5. The van der Waals surface area contributed by atoms with Crippen molar-refractivity contribution in [1.29, 1.82) is 0 Å². The highest BCUT2D eigenvalue weighted by atomic mass is 16.1. The summed E-state index contributed by atoms with van der Waals surface area (Å²) in [6.07, 6.45) is 4.57. The average molecular weight is 458 g/mol. The minimum atomic E-state index is -0.140. The van der Waals surface area contributed by atoms with E-state index in [0.717, 1.165) is 47.2 Å². The Morgan fingerprint density at radius 1 is 1.03 bits per heavy atom. The lowest BCUT2D eigenvalue weighted by molar-refractivity contribution is -0.115. The summed E-state index contributed by atoms with van der Waals surface area (Å²) in [6, 6.07) is 17.0. The number of rotatable bonds is 8. The molecule has 0 spiro atoms. The molecule has 7 nitrogen and oxygen atoms in total. The minimum Gasteiger partial charge on any atom is -0.341 e. The number of amides is 1. The second kappa shape index (κ2) is 10.0. The van der Waals surface area contributed by atoms with Crippen LogP contribution in [0.3, 0.4) is 0 Å². The molecule has 0 aliphatic carbocycles. The zero-order chi connectivity index (χ0) is 24.1. The van der Waals surface area contributed by atoms with Gasteiger partial charge in [0.15, 0.2) is 5.65 Å². The van der Waals surface area contributed by atoms with Gasteiger partial charge in [-0.15, -0.1) is 5.10 Å². The summed E-state index contributed by atoms with van der Waals surface area (Å²) in [5.74, 6) is -0.140. The molecular weight excluding hydrogens is 426 g/mol. The zero-order valence-electron chi connectivity index (χ0n) is 20.0. The Bertz CT molecular complexity index is 1330. The molecule has 7 heteroatoms. The smallest absolute Gasteiger partial charge is 0.252 e. The summed E-state index contributed by atoms with van der Waals surface area (Å²) in [5.41, 5.74) is 4.28. The largest absolute Gasteiger partial charge is 0.341 e. The van der Waals surface area contributed by atoms with Gasteiger partial charge in [0.05, 0.1) is 12.1 Å². The molecule has 0 saturated heterocycles. The van der Waals surface area contributed by atoms with Crippen LogP contribution < -0.4 is 10.9 Å². The van der Waals surface area contributed by atoms with Crippen molar-refractivity contribution in [1.82, 2.24) is 19.7 Å². The van der Waals surface area contributed by atoms with E-state index in [1.165, 1.54) is 6.07 Å². The van der Waals surface area contributed by atoms with E-state index in [9.17, 15) is 9.59 Å². The van der Waals surface area contributed by atoms with Crippen molar-refractivity contribution < 1.29 is 4.79 Å². The molecule has 0 atom stereocenters. The number of hydrogen-bond acceptors (Lipinski definition) is 4. The fourth-order valence-electron chi connectivity index (χ4n) is 3.85. The van der Waals surface area contributed by atoms with E-state index < -0.39 is 0 Å². The number of aryl methyl sites for hydroxylation is 2. The number of nitrogens with one attached hydrogen (secondary N) is 2. The molecule has 0 saturated carbocycles. The SMILES string of the molecule is CC(C)(C)c1cc2cc(CCCCn3ccc(NC(=O)Cc4ccccc4)cc3=O)nnc2[nH]1. The summed E-state index contributed by atoms with van der Waals surface area (Å²) in [6.45, 7) is 7.11. The summed E-state index contributed by atoms with van der Waals surface area (Å²) < 4.78 is 1.67. The number of aromatic nitrogens is 4. The van der Waals surface area contributed by atoms with Crippen LogP contribution in [-0.2, 0) is 29.6 Å². The van der Waals surface area contributed by atoms with Crippen LogP contribution in [-0.4, -0.2) is 25.7 Å². The highest BCUT2D eigenvalue weighted by Crippen LogP contribution is 2.25. The molecule has 3 aromatic heterocycles. The molecule has 0 aliphatic heterocycles. The van der Waals surface area contributed by atoms with Gasteiger partial charge in [-0.25, -0.2) is 0 Å². The number of aromatic amines is 1. The van der Waals surface area contributed by atoms with Crippen molar-refractivity contribution in [2.45, 2.75) is 58.4 Å². The normalized spacial score (nSPS) is 11.6. The Morgan fingerprint density at radius 3 is 2.56 bits per heavy atom. The molecule has 2 N–H and O–H groups in total. The molecule has 0 unspecified atom stereocenters. The van der Waals surface area contributed by atoms with E-state index in [4.69, 9.17) is 0 Å². The summed E-state index contributed by atoms with van der Waals surface area (Å²) in [4.78, 5) is 28.0. The summed E-state index contributed by atoms with van der Waals surface area (Å²) >= 11 is 0. The molecule has 3 heterocycles. The van der Waals surface area contributed by atoms with E-state index in [-0.39, 0.29) is 23.3 Å². The lowest BCUT2D eigenvalue weighted by Gasteiger charge is -2.15. The van der Waals surface area contributed by atoms with Crippen molar-refractivity contribution in [2.24, 2.45) is 0 Å². The van der Waals surface area contributed by atoms with Crippen LogP contribution in [0.5, 0.6) is 0 Å². The Kier molecular flexibility index (Phi) is 6.91. The van der Waals surface area contributed by atoms with Gasteiger partial charge in [-0.2, -0.15) is 5.10 Å². The number of hydrogen-bond donors (Lipinski definition) is 2. The molecule has 0 radical (unpaired) electrons. The number of anilines is 1. The number of fused-ring (bicyclic) bond motifs is 1. The third-order valence-corrected chi connectivity index (χ3v) is 5.80. The molecule has 176 valence electrons. The fourth-order valence-corrected chi connectivity index (χ4v) is 3.85. The lowest BCUT2D eigenvalue weighted by atomic mass is 9.92. The monoisotopic (exact) mass is 457 g/mol. The van der Waals surface area contributed by atoms with Gasteiger partial charge >= 0.3 is 0 Å². The number of pyridine rings is 1. The third-order valence-electron chi connectivity index (χ3n) is 5.80. The van der Waals surface area contributed by atoms with Crippen molar-refractivity contribution in [3.8, 4) is 0 Å². The standard InChI is InChI=1S/C27H31N5O2/c1-27(2,3)23-17-20-16-22(30-31-26(20)29-23)11-7-8-13-32-14-12-21(18-25(32)34)28-24(33)15-19-9-5-4-6-10-19/h4-6,9-10,12,14,16-18H,7-8,11,13,15H2,1-3H3,(H,28,33)(H,29,31). The first-order chi connectivity index (χ1) is 16.3. The van der Waals surface area contributed by atoms with E-state index in [0.29, 0.717) is 12.2 Å². The van der Waals surface area contributed by atoms with Gasteiger partial charge < -0.3 is 14.9 Å². The molecule has 1 aromatic carbocycles. The zero-order valence-corrected chi connectivity index (χ0v) is 20.0. The molecule has 34 heavy (non-hydrogen) atoms. The highest BCUT2D eigenvalue weighted by Gasteiger charge is 2.17. The van der Waals surface area contributed by atoms with E-state index >= 15 is 0 Å². The molecule has 4 aromatic rings. The number of carbonyl (C=O) groups excluding carboxylic acids is 1. The van der Waals surface area contributed by atoms with Crippen molar-refractivity contribution >= 4 is 22.6 Å². The first kappa shape index (κ1) is 23.4. The van der Waals surface area contributed by atoms with Crippen LogP contribution in [0, 0.1) is 0 Å². The average Bonchev–Trinajstić information content (AvgIpc) is 3.23. The van der Waals surface area contributed by atoms with E-state index in [1.54, 1.807) is 16.8 Å². The van der Waals surface area contributed by atoms with Crippen molar-refractivity contribution in [2.75, 3.05) is 5.32 Å². The van der Waals surface area contributed by atoms with Crippen LogP contribution in [0.1, 0.15) is 50.6 Å². The third kappa shape index (κ3) is 5.98. The van der Waals surface area contributed by atoms with Gasteiger partial charge in [-0.3, -0.25) is 9.59 Å². The van der Waals surface area contributed by atoms with Gasteiger partial charge in [0.2, 0.25) is 5.91 Å². The summed E-state index contributed by atoms with van der Waals surface area (Å²) in [7, 11) is 0. The molecule has 1 amide bonds. The van der Waals surface area contributed by atoms with Gasteiger partial charge in [0.1, 0.15) is 0 Å². The van der Waals surface area contributed by atoms with Crippen LogP contribution in [0.25, 0.3) is 11.0 Å². The van der Waals surface area contributed by atoms with Gasteiger partial charge in [-0.05, 0) is 43.0 Å². The minimum absolute atomic E-state index is 0.0361. The fraction of sp³-hybridized carbons (Fsp3) is 0.333. The maximum Gasteiger partial charge on any atom is 0.252 e. The van der Waals surface area contributed by atoms with E-state index in [2.05, 4.69) is 53.4 Å². The number of unbranched alkanes of at least 4 members (excludes halogenated alkanes) is 1. The Hall–Kier alpha value is -3.74. The number of H-pyrrole nitrogens is 1. The van der Waals surface area contributed by atoms with Crippen molar-refractivity contribution in [3.05, 3.63) is 88.1 Å². The quantitative estimate of drug-likeness (QED) is 0.378. The van der Waals surface area contributed by atoms with Crippen LogP contribution in [0.4, 0.5) is 5.69 Å². The van der Waals surface area contributed by atoms with Crippen LogP contribution in [0.15, 0.2) is 65.6 Å². The molecule has 4 rings (SSSR count). The molecular formula is C27H31N5O2. The summed E-state index contributed by atoms with van der Waals surface area (Å²) in [5, 5.41) is 12.6. The van der Waals surface area contributed by atoms with Gasteiger partial charge in [0, 0.05) is 41.0 Å². The topological polar surface area (TPSA) is 92.7 Å². The first-order valence-corrected chi connectivity index (χ1v) is 11.7. The number of benzene rings is 1. The highest BCUT2D eigenvalue weighted by molar-refractivity contribution is 5.92. The second-order valence-electron chi connectivity index (χ2n) is 9.69. The van der Waals surface area contributed by atoms with Crippen LogP contribution in [0.2, 0.25) is 0 Å². The molecule has 0 fully saturated rings. The van der Waals surface area contributed by atoms with Crippen LogP contribution >= 0.6 is 0 Å². The van der Waals surface area contributed by atoms with E-state index in [1.807, 2.05) is 30.3 Å². The Morgan fingerprint density at radius 2 is 1.82 bits per heavy atom. The number of carbonyl (C=O) groups is 1. The predicted molar refractivity (Wildman–Crippen MR) is 135 cm³/mol. The lowest BCUT2D eigenvalue weighted by Crippen LogP contribution is -2.21. The Labute approximate surface area is 199 Å². The second-order valence-corrected chi connectivity index (χ2v) is 9.69. The molecule has 0 aliphatic rings. The van der Waals surface area contributed by atoms with Crippen molar-refractivity contribution in [3.63, 3.8) is 0 Å². The van der Waals surface area contributed by atoms with Gasteiger partial charge in [-0.1, -0.05) is 51.1 Å². The van der Waals surface area contributed by atoms with Gasteiger partial charge in [0.25, 0.3) is 5.56 Å². The Balaban J connectivity index is 1.27.